The van der Waals surface area contributed by atoms with Crippen LogP contribution in [0.4, 0.5) is 0 Å². The van der Waals surface area contributed by atoms with Crippen molar-refractivity contribution in [2.45, 2.75) is 192 Å². The fourth-order valence-corrected chi connectivity index (χ4v) is 6.62. The van der Waals surface area contributed by atoms with Gasteiger partial charge in [0.25, 0.3) is 0 Å². The van der Waals surface area contributed by atoms with Crippen molar-refractivity contribution in [3.05, 3.63) is 128 Å². The van der Waals surface area contributed by atoms with E-state index in [1.165, 1.54) is 69.4 Å². The Morgan fingerprint density at radius 3 is 0.909 bits per heavy atom. The highest BCUT2D eigenvalue weighted by Crippen LogP contribution is 2.32. The van der Waals surface area contributed by atoms with Crippen molar-refractivity contribution >= 4 is 0 Å². The van der Waals surface area contributed by atoms with Gasteiger partial charge in [0.1, 0.15) is 11.5 Å². The van der Waals surface area contributed by atoms with Gasteiger partial charge in [0, 0.05) is 5.56 Å². The van der Waals surface area contributed by atoms with E-state index in [4.69, 9.17) is 0 Å². The van der Waals surface area contributed by atoms with Gasteiger partial charge in [0.05, 0.1) is 0 Å². The van der Waals surface area contributed by atoms with E-state index in [1.807, 2.05) is 13.8 Å². The van der Waals surface area contributed by atoms with E-state index < -0.39 is 0 Å². The molecule has 0 aliphatic carbocycles. The summed E-state index contributed by atoms with van der Waals surface area (Å²) in [5.41, 5.74) is 15.5. The van der Waals surface area contributed by atoms with Gasteiger partial charge in [-0.2, -0.15) is 0 Å². The van der Waals surface area contributed by atoms with Crippen molar-refractivity contribution in [3.63, 3.8) is 0 Å². The van der Waals surface area contributed by atoms with E-state index in [0.29, 0.717) is 12.2 Å². The van der Waals surface area contributed by atoms with E-state index in [1.54, 1.807) is 6.07 Å². The van der Waals surface area contributed by atoms with Gasteiger partial charge in [-0.1, -0.05) is 105 Å². The number of hydrogen-bond acceptors (Lipinski definition) is 2. The monoisotopic (exact) mass is 751 g/mol. The third-order valence-corrected chi connectivity index (χ3v) is 10.9. The van der Waals surface area contributed by atoms with Crippen molar-refractivity contribution in [1.82, 2.24) is 0 Å². The minimum Gasteiger partial charge on any atom is -0.508 e. The Labute approximate surface area is 340 Å². The lowest BCUT2D eigenvalue weighted by molar-refractivity contribution is 0.448. The van der Waals surface area contributed by atoms with E-state index in [9.17, 15) is 10.2 Å². The molecule has 1 rings (SSSR count). The molecule has 0 saturated heterocycles. The molecule has 0 aromatic heterocycles. The van der Waals surface area contributed by atoms with Crippen LogP contribution in [0.1, 0.15) is 189 Å². The summed E-state index contributed by atoms with van der Waals surface area (Å²) in [6, 6.07) is 1.69. The van der Waals surface area contributed by atoms with Gasteiger partial charge in [0.15, 0.2) is 0 Å². The van der Waals surface area contributed by atoms with Crippen LogP contribution >= 0.6 is 0 Å². The number of benzene rings is 1. The lowest BCUT2D eigenvalue weighted by Crippen LogP contribution is -1.91. The molecule has 1 aromatic rings. The van der Waals surface area contributed by atoms with Crippen molar-refractivity contribution < 1.29 is 10.2 Å². The minimum absolute atomic E-state index is 0.255. The molecule has 55 heavy (non-hydrogen) atoms. The van der Waals surface area contributed by atoms with Gasteiger partial charge in [0.2, 0.25) is 0 Å². The molecule has 0 saturated carbocycles. The summed E-state index contributed by atoms with van der Waals surface area (Å²) < 4.78 is 0. The maximum atomic E-state index is 10.4. The van der Waals surface area contributed by atoms with Crippen LogP contribution in [0.25, 0.3) is 0 Å². The average Bonchev–Trinajstić information content (AvgIpc) is 3.11. The summed E-state index contributed by atoms with van der Waals surface area (Å²) in [6.07, 6.45) is 40.3. The lowest BCUT2D eigenvalue weighted by Gasteiger charge is -2.10. The van der Waals surface area contributed by atoms with E-state index in [-0.39, 0.29) is 5.75 Å². The number of rotatable bonds is 26. The van der Waals surface area contributed by atoms with Crippen molar-refractivity contribution in [3.8, 4) is 11.5 Å². The second-order valence-corrected chi connectivity index (χ2v) is 16.9. The molecule has 2 N–H and O–H groups in total. The standard InChI is InChI=1S/C53H82O2/c1-40(2)21-13-22-41(3)23-14-24-42(4)25-15-26-43(5)27-16-28-44(6)29-17-30-45(7)31-18-32-46(8)33-19-34-47(9)35-20-36-48(10)37-38-51-39-52(54)49(11)50(12)53(51)55/h21,23,25,27,29,31,33,35,37,39,54-55H,13-20,22,24,26,28,30,32,34,36,38H2,1-12H3/b41-23+,42-25+,43-27+,44-29+,45-31+,46-33+,47-35-,48-37+. The number of aromatic hydroxyl groups is 2. The van der Waals surface area contributed by atoms with Crippen LogP contribution in [-0.2, 0) is 6.42 Å². The van der Waals surface area contributed by atoms with Gasteiger partial charge < -0.3 is 10.2 Å². The quantitative estimate of drug-likeness (QED) is 0.0731. The molecule has 0 spiro atoms. The highest BCUT2D eigenvalue weighted by atomic mass is 16.3. The van der Waals surface area contributed by atoms with Gasteiger partial charge in [-0.15, -0.1) is 0 Å². The van der Waals surface area contributed by atoms with Crippen molar-refractivity contribution in [2.75, 3.05) is 0 Å². The summed E-state index contributed by atoms with van der Waals surface area (Å²) in [5, 5.41) is 20.6. The second kappa shape index (κ2) is 28.8. The molecule has 2 heteroatoms. The van der Waals surface area contributed by atoms with Crippen LogP contribution in [0, 0.1) is 13.8 Å². The van der Waals surface area contributed by atoms with E-state index in [0.717, 1.165) is 100 Å². The molecule has 0 aliphatic heterocycles. The van der Waals surface area contributed by atoms with Gasteiger partial charge >= 0.3 is 0 Å². The van der Waals surface area contributed by atoms with Crippen molar-refractivity contribution in [2.24, 2.45) is 0 Å². The fourth-order valence-electron chi connectivity index (χ4n) is 6.62. The van der Waals surface area contributed by atoms with E-state index >= 15 is 0 Å². The minimum atomic E-state index is 0.255. The predicted octanol–water partition coefficient (Wildman–Crippen LogP) is 17.0. The Morgan fingerprint density at radius 2 is 0.636 bits per heavy atom. The van der Waals surface area contributed by atoms with Crippen LogP contribution in [0.15, 0.2) is 111 Å². The maximum absolute atomic E-state index is 10.4. The van der Waals surface area contributed by atoms with Gasteiger partial charge in [-0.3, -0.25) is 0 Å². The Hall–Kier alpha value is -3.52. The van der Waals surface area contributed by atoms with E-state index in [2.05, 4.69) is 124 Å². The molecule has 0 bridgehead atoms. The van der Waals surface area contributed by atoms with Crippen LogP contribution in [0.5, 0.6) is 11.5 Å². The Kier molecular flexibility index (Phi) is 25.9. The Morgan fingerprint density at radius 1 is 0.382 bits per heavy atom. The first-order valence-corrected chi connectivity index (χ1v) is 21.5. The third-order valence-electron chi connectivity index (χ3n) is 10.9. The number of phenolic OH excluding ortho intramolecular Hbond substituents is 2. The first-order chi connectivity index (χ1) is 26.1. The topological polar surface area (TPSA) is 40.5 Å². The summed E-state index contributed by atoms with van der Waals surface area (Å²) in [6.45, 7) is 26.2. The number of hydrogen-bond donors (Lipinski definition) is 2. The van der Waals surface area contributed by atoms with Crippen LogP contribution in [0.3, 0.4) is 0 Å². The van der Waals surface area contributed by atoms with Crippen LogP contribution < -0.4 is 0 Å². The molecule has 1 aromatic carbocycles. The Bertz CT molecular complexity index is 1590. The summed E-state index contributed by atoms with van der Waals surface area (Å²) >= 11 is 0. The van der Waals surface area contributed by atoms with Crippen LogP contribution in [-0.4, -0.2) is 10.2 Å². The smallest absolute Gasteiger partial charge is 0.122 e. The third kappa shape index (κ3) is 24.6. The zero-order valence-electron chi connectivity index (χ0n) is 37.7. The number of allylic oxidation sites excluding steroid dienone is 18. The Balaban J connectivity index is 2.28. The summed E-state index contributed by atoms with van der Waals surface area (Å²) in [5.74, 6) is 0.554. The lowest BCUT2D eigenvalue weighted by atomic mass is 9.99. The zero-order valence-corrected chi connectivity index (χ0v) is 37.7. The fraction of sp³-hybridized carbons (Fsp3) is 0.547. The summed E-state index contributed by atoms with van der Waals surface area (Å²) in [4.78, 5) is 0. The molecule has 0 radical (unpaired) electrons. The molecule has 0 heterocycles. The molecule has 0 aliphatic rings. The molecule has 0 amide bonds. The van der Waals surface area contributed by atoms with Crippen molar-refractivity contribution in [1.29, 1.82) is 0 Å². The summed E-state index contributed by atoms with van der Waals surface area (Å²) in [7, 11) is 0. The van der Waals surface area contributed by atoms with Crippen LogP contribution in [0.2, 0.25) is 0 Å². The molecular formula is C53H82O2. The van der Waals surface area contributed by atoms with Gasteiger partial charge in [-0.25, -0.2) is 0 Å². The first kappa shape index (κ1) is 49.5. The number of phenols is 2. The first-order valence-electron chi connectivity index (χ1n) is 21.5. The van der Waals surface area contributed by atoms with Gasteiger partial charge in [-0.05, 0) is 209 Å². The average molecular weight is 751 g/mol. The highest BCUT2D eigenvalue weighted by Gasteiger charge is 2.10. The largest absolute Gasteiger partial charge is 0.508 e. The molecular weight excluding hydrogens is 669 g/mol. The molecule has 0 unspecified atom stereocenters. The molecule has 2 nitrogen and oxygen atoms in total. The highest BCUT2D eigenvalue weighted by molar-refractivity contribution is 5.51. The molecule has 0 atom stereocenters. The molecule has 306 valence electrons. The maximum Gasteiger partial charge on any atom is 0.122 e. The second-order valence-electron chi connectivity index (χ2n) is 16.9. The normalized spacial score (nSPS) is 14.3. The zero-order chi connectivity index (χ0) is 41.2. The predicted molar refractivity (Wildman–Crippen MR) is 246 cm³/mol. The SMILES string of the molecule is CC(C)=CCC/C(C)=C/CC/C(C)=C/CC/C(C)=C/CC/C(C)=C/CC/C(C)=C/CC/C(C)=C/CC/C(C)=C\CC/C(C)=C/Cc1cc(O)c(C)c(C)c1O. The molecule has 0 fully saturated rings.